The van der Waals surface area contributed by atoms with E-state index in [4.69, 9.17) is 11.6 Å². The molecule has 0 saturated carbocycles. The third kappa shape index (κ3) is 6.46. The van der Waals surface area contributed by atoms with Crippen molar-refractivity contribution in [2.75, 3.05) is 13.1 Å². The van der Waals surface area contributed by atoms with Crippen molar-refractivity contribution in [3.63, 3.8) is 0 Å². The quantitative estimate of drug-likeness (QED) is 0.574. The Morgan fingerprint density at radius 3 is 2.58 bits per heavy atom. The van der Waals surface area contributed by atoms with E-state index in [1.165, 1.54) is 5.57 Å². The lowest BCUT2D eigenvalue weighted by atomic mass is 9.68. The molecule has 0 bridgehead atoms. The van der Waals surface area contributed by atoms with Crippen LogP contribution < -0.4 is 5.32 Å². The summed E-state index contributed by atoms with van der Waals surface area (Å²) in [6, 6.07) is 1.31. The van der Waals surface area contributed by atoms with E-state index in [1.54, 1.807) is 6.20 Å². The van der Waals surface area contributed by atoms with Gasteiger partial charge in [0.1, 0.15) is 6.04 Å². The number of likely N-dealkylation sites (tertiary alicyclic amines) is 1. The van der Waals surface area contributed by atoms with E-state index in [2.05, 4.69) is 36.3 Å². The minimum Gasteiger partial charge on any atom is -0.412 e. The highest BCUT2D eigenvalue weighted by Crippen LogP contribution is 2.43. The third-order valence-electron chi connectivity index (χ3n) is 7.45. The van der Waals surface area contributed by atoms with Crippen molar-refractivity contribution in [1.82, 2.24) is 15.2 Å². The smallest absolute Gasteiger partial charge is 0.253 e. The van der Waals surface area contributed by atoms with Crippen LogP contribution in [0.5, 0.6) is 0 Å². The Hall–Kier alpha value is -2.44. The molecule has 3 N–H and O–H groups in total. The molecule has 3 aliphatic rings. The largest absolute Gasteiger partial charge is 0.412 e. The Bertz CT molecular complexity index is 1060. The van der Waals surface area contributed by atoms with Crippen LogP contribution in [0.15, 0.2) is 41.1 Å². The van der Waals surface area contributed by atoms with Crippen LogP contribution in [-0.2, 0) is 11.2 Å². The van der Waals surface area contributed by atoms with E-state index < -0.39 is 6.04 Å². The van der Waals surface area contributed by atoms with Gasteiger partial charge in [0.2, 0.25) is 5.91 Å². The number of carbonyl (C=O) groups is 2. The number of carbonyl (C=O) groups excluding carboxylic acids is 2. The van der Waals surface area contributed by atoms with Crippen LogP contribution in [0.4, 0.5) is 0 Å². The first-order valence-corrected chi connectivity index (χ1v) is 12.8. The number of halogens is 1. The van der Waals surface area contributed by atoms with Crippen LogP contribution >= 0.6 is 11.6 Å². The number of aryl methyl sites for hydroxylation is 1. The fraction of sp³-hybridized carbons (Fsp3) is 0.552. The number of piperidine rings is 1. The Morgan fingerprint density at radius 1 is 1.19 bits per heavy atom. The van der Waals surface area contributed by atoms with Gasteiger partial charge in [-0.05, 0) is 67.1 Å². The number of nitrogens with zero attached hydrogens (tertiary/aromatic N) is 2. The summed E-state index contributed by atoms with van der Waals surface area (Å²) >= 11 is 6.16. The molecule has 2 atom stereocenters. The molecular formula is C29H42ClN3O3. The maximum atomic E-state index is 13.6. The highest BCUT2D eigenvalue weighted by Gasteiger charge is 2.41. The van der Waals surface area contributed by atoms with Crippen LogP contribution in [0.2, 0.25) is 0 Å². The van der Waals surface area contributed by atoms with Crippen molar-refractivity contribution >= 4 is 29.5 Å². The molecule has 2 heterocycles. The normalized spacial score (nSPS) is 21.3. The minimum atomic E-state index is -0.568. The average Bonchev–Trinajstić information content (AvgIpc) is 2.81. The SMILES string of the molecule is C.CC(C)[C@@H](NC(=O)c1cnc2c(c1)C=CCC2)C(=O)N1CC[C@H](C2=CC=C(Cl)CC2)C(C)(C)C1.O. The lowest BCUT2D eigenvalue weighted by Crippen LogP contribution is -2.56. The average molecular weight is 516 g/mol. The van der Waals surface area contributed by atoms with E-state index in [-0.39, 0.29) is 36.1 Å². The van der Waals surface area contributed by atoms with Gasteiger partial charge < -0.3 is 15.7 Å². The summed E-state index contributed by atoms with van der Waals surface area (Å²) in [4.78, 5) is 33.1. The summed E-state index contributed by atoms with van der Waals surface area (Å²) in [6.45, 7) is 9.83. The molecule has 0 radical (unpaired) electrons. The zero-order chi connectivity index (χ0) is 24.5. The van der Waals surface area contributed by atoms with E-state index in [1.807, 2.05) is 37.0 Å². The van der Waals surface area contributed by atoms with Crippen molar-refractivity contribution in [2.24, 2.45) is 17.3 Å². The lowest BCUT2D eigenvalue weighted by Gasteiger charge is -2.46. The maximum absolute atomic E-state index is 13.6. The molecule has 36 heavy (non-hydrogen) atoms. The summed E-state index contributed by atoms with van der Waals surface area (Å²) in [7, 11) is 0. The summed E-state index contributed by atoms with van der Waals surface area (Å²) in [5, 5.41) is 3.93. The fourth-order valence-electron chi connectivity index (χ4n) is 5.50. The van der Waals surface area contributed by atoms with Gasteiger partial charge in [0.05, 0.1) is 5.56 Å². The molecule has 0 spiro atoms. The number of pyridine rings is 1. The van der Waals surface area contributed by atoms with E-state index in [0.29, 0.717) is 24.6 Å². The van der Waals surface area contributed by atoms with Crippen LogP contribution in [0.25, 0.3) is 6.08 Å². The van der Waals surface area contributed by atoms with Gasteiger partial charge in [-0.3, -0.25) is 14.6 Å². The second-order valence-electron chi connectivity index (χ2n) is 10.8. The monoisotopic (exact) mass is 515 g/mol. The molecule has 1 aliphatic heterocycles. The molecule has 4 rings (SSSR count). The standard InChI is InChI=1S/C28H36ClN3O2.CH4.H2O/c1-18(2)25(31-26(33)21-15-20-7-5-6-8-24(20)30-16-21)27(34)32-14-13-23(28(3,4)17-32)19-9-11-22(29)12-10-19;;/h5,7,9,11,15-16,18,23,25H,6,8,10,12-14,17H2,1-4H3,(H,31,33);1H4;1H2/t23-,25-;;/m1../s1. The first-order chi connectivity index (χ1) is 16.2. The van der Waals surface area contributed by atoms with Crippen molar-refractivity contribution in [3.8, 4) is 0 Å². The first-order valence-electron chi connectivity index (χ1n) is 12.5. The van der Waals surface area contributed by atoms with Crippen molar-refractivity contribution in [1.29, 1.82) is 0 Å². The van der Waals surface area contributed by atoms with Crippen molar-refractivity contribution < 1.29 is 15.1 Å². The molecule has 1 saturated heterocycles. The molecule has 1 aromatic heterocycles. The minimum absolute atomic E-state index is 0. The number of hydrogen-bond acceptors (Lipinski definition) is 3. The van der Waals surface area contributed by atoms with Gasteiger partial charge in [0.15, 0.2) is 0 Å². The Morgan fingerprint density at radius 2 is 1.94 bits per heavy atom. The third-order valence-corrected chi connectivity index (χ3v) is 7.76. The molecule has 7 heteroatoms. The van der Waals surface area contributed by atoms with Gasteiger partial charge in [-0.1, -0.05) is 70.5 Å². The number of hydrogen-bond donors (Lipinski definition) is 1. The maximum Gasteiger partial charge on any atom is 0.253 e. The van der Waals surface area contributed by atoms with Crippen molar-refractivity contribution in [3.05, 3.63) is 57.9 Å². The zero-order valence-electron chi connectivity index (χ0n) is 21.2. The molecule has 0 unspecified atom stereocenters. The lowest BCUT2D eigenvalue weighted by molar-refractivity contribution is -0.138. The topological polar surface area (TPSA) is 93.8 Å². The summed E-state index contributed by atoms with van der Waals surface area (Å²) in [5.41, 5.74) is 3.90. The molecular weight excluding hydrogens is 474 g/mol. The van der Waals surface area contributed by atoms with Crippen LogP contribution in [0.1, 0.15) is 82.4 Å². The molecule has 1 fully saturated rings. The summed E-state index contributed by atoms with van der Waals surface area (Å²) < 4.78 is 0. The van der Waals surface area contributed by atoms with Crippen LogP contribution in [0.3, 0.4) is 0 Å². The van der Waals surface area contributed by atoms with Crippen LogP contribution in [0, 0.1) is 17.3 Å². The predicted octanol–water partition coefficient (Wildman–Crippen LogP) is 5.32. The van der Waals surface area contributed by atoms with Gasteiger partial charge in [-0.2, -0.15) is 0 Å². The second-order valence-corrected chi connectivity index (χ2v) is 11.3. The fourth-order valence-corrected chi connectivity index (χ4v) is 5.66. The van der Waals surface area contributed by atoms with Gasteiger partial charge in [-0.15, -0.1) is 0 Å². The van der Waals surface area contributed by atoms with E-state index in [9.17, 15) is 9.59 Å². The number of amides is 2. The highest BCUT2D eigenvalue weighted by atomic mass is 35.5. The second kappa shape index (κ2) is 12.2. The van der Waals surface area contributed by atoms with Gasteiger partial charge in [0.25, 0.3) is 5.91 Å². The Labute approximate surface area is 221 Å². The first kappa shape index (κ1) is 29.8. The Balaban J connectivity index is 0.00000228. The molecule has 2 aliphatic carbocycles. The number of aromatic nitrogens is 1. The zero-order valence-corrected chi connectivity index (χ0v) is 22.0. The summed E-state index contributed by atoms with van der Waals surface area (Å²) in [6.07, 6.45) is 14.6. The van der Waals surface area contributed by atoms with Gasteiger partial charge >= 0.3 is 0 Å². The molecule has 2 amide bonds. The number of allylic oxidation sites excluding steroid dienone is 5. The van der Waals surface area contributed by atoms with Crippen molar-refractivity contribution in [2.45, 2.75) is 73.3 Å². The summed E-state index contributed by atoms with van der Waals surface area (Å²) in [5.74, 6) is 0.170. The Kier molecular flexibility index (Phi) is 10.1. The number of rotatable bonds is 5. The molecule has 6 nitrogen and oxygen atoms in total. The van der Waals surface area contributed by atoms with E-state index >= 15 is 0 Å². The molecule has 0 aromatic carbocycles. The number of nitrogens with one attached hydrogen (secondary N) is 1. The van der Waals surface area contributed by atoms with Crippen LogP contribution in [-0.4, -0.2) is 46.3 Å². The predicted molar refractivity (Wildman–Crippen MR) is 148 cm³/mol. The van der Waals surface area contributed by atoms with E-state index in [0.717, 1.165) is 48.4 Å². The van der Waals surface area contributed by atoms with Gasteiger partial charge in [0, 0.05) is 30.0 Å². The highest BCUT2D eigenvalue weighted by molar-refractivity contribution is 6.29. The molecule has 198 valence electrons. The van der Waals surface area contributed by atoms with Gasteiger partial charge in [-0.25, -0.2) is 0 Å². The number of fused-ring (bicyclic) bond motifs is 1. The molecule has 1 aromatic rings.